The molecule has 3 N–H and O–H groups in total. The molecule has 90 valence electrons. The summed E-state index contributed by atoms with van der Waals surface area (Å²) in [5.74, 6) is 0. The topological polar surface area (TPSA) is 49.5 Å². The van der Waals surface area contributed by atoms with E-state index in [2.05, 4.69) is 11.8 Å². The smallest absolute Gasteiger partial charge is 0.0558 e. The first-order valence-electron chi connectivity index (χ1n) is 6.38. The lowest BCUT2D eigenvalue weighted by molar-refractivity contribution is 0.116. The number of nitrogens with zero attached hydrogens (tertiary/aromatic N) is 1. The van der Waals surface area contributed by atoms with Crippen LogP contribution in [-0.2, 0) is 0 Å². The third kappa shape index (κ3) is 4.49. The Morgan fingerprint density at radius 2 is 2.13 bits per heavy atom. The summed E-state index contributed by atoms with van der Waals surface area (Å²) in [5.41, 5.74) is 6.00. The van der Waals surface area contributed by atoms with Crippen LogP contribution < -0.4 is 5.73 Å². The van der Waals surface area contributed by atoms with Crippen molar-refractivity contribution in [3.05, 3.63) is 0 Å². The molecule has 1 aliphatic rings. The van der Waals surface area contributed by atoms with Crippen molar-refractivity contribution in [3.63, 3.8) is 0 Å². The van der Waals surface area contributed by atoms with E-state index in [9.17, 15) is 0 Å². The van der Waals surface area contributed by atoms with Gasteiger partial charge in [0.25, 0.3) is 0 Å². The van der Waals surface area contributed by atoms with E-state index in [1.807, 2.05) is 0 Å². The maximum Gasteiger partial charge on any atom is 0.0558 e. The van der Waals surface area contributed by atoms with Gasteiger partial charge in [-0.3, -0.25) is 4.90 Å². The van der Waals surface area contributed by atoms with Crippen LogP contribution in [0.2, 0.25) is 0 Å². The highest BCUT2D eigenvalue weighted by molar-refractivity contribution is 4.82. The van der Waals surface area contributed by atoms with E-state index in [1.54, 1.807) is 0 Å². The second-order valence-electron chi connectivity index (χ2n) is 4.69. The fourth-order valence-electron chi connectivity index (χ4n) is 2.50. The van der Waals surface area contributed by atoms with Gasteiger partial charge in [0.05, 0.1) is 6.61 Å². The summed E-state index contributed by atoms with van der Waals surface area (Å²) in [6.45, 7) is 4.42. The van der Waals surface area contributed by atoms with E-state index in [1.165, 1.54) is 32.1 Å². The summed E-state index contributed by atoms with van der Waals surface area (Å²) < 4.78 is 0. The highest BCUT2D eigenvalue weighted by atomic mass is 16.3. The van der Waals surface area contributed by atoms with Gasteiger partial charge in [-0.2, -0.15) is 0 Å². The van der Waals surface area contributed by atoms with Crippen molar-refractivity contribution in [2.45, 2.75) is 57.5 Å². The quantitative estimate of drug-likeness (QED) is 0.702. The van der Waals surface area contributed by atoms with Crippen LogP contribution >= 0.6 is 0 Å². The lowest BCUT2D eigenvalue weighted by Crippen LogP contribution is -2.44. The first kappa shape index (κ1) is 12.9. The Balaban J connectivity index is 2.38. The molecule has 0 spiro atoms. The molecule has 2 unspecified atom stereocenters. The molecule has 0 aromatic heterocycles. The number of hydrogen-bond acceptors (Lipinski definition) is 3. The molecule has 2 atom stereocenters. The second kappa shape index (κ2) is 7.20. The van der Waals surface area contributed by atoms with Crippen molar-refractivity contribution >= 4 is 0 Å². The molecule has 1 rings (SSSR count). The minimum atomic E-state index is 0.273. The average molecular weight is 214 g/mol. The Morgan fingerprint density at radius 1 is 1.33 bits per heavy atom. The van der Waals surface area contributed by atoms with E-state index in [0.29, 0.717) is 12.1 Å². The molecule has 3 heteroatoms. The Labute approximate surface area is 93.6 Å². The summed E-state index contributed by atoms with van der Waals surface area (Å²) in [4.78, 5) is 2.43. The van der Waals surface area contributed by atoms with Gasteiger partial charge in [-0.25, -0.2) is 0 Å². The maximum atomic E-state index is 9.06. The maximum absolute atomic E-state index is 9.06. The zero-order chi connectivity index (χ0) is 11.1. The van der Waals surface area contributed by atoms with Crippen LogP contribution in [0.4, 0.5) is 0 Å². The summed E-state index contributed by atoms with van der Waals surface area (Å²) in [5, 5.41) is 9.06. The minimum Gasteiger partial charge on any atom is -0.395 e. The molecule has 3 nitrogen and oxygen atoms in total. The van der Waals surface area contributed by atoms with Gasteiger partial charge >= 0.3 is 0 Å². The van der Waals surface area contributed by atoms with Gasteiger partial charge in [-0.15, -0.1) is 0 Å². The predicted octanol–water partition coefficient (Wildman–Crippen LogP) is 1.35. The molecular formula is C12H26N2O. The van der Waals surface area contributed by atoms with Crippen LogP contribution in [0.25, 0.3) is 0 Å². The second-order valence-corrected chi connectivity index (χ2v) is 4.69. The lowest BCUT2D eigenvalue weighted by Gasteiger charge is -2.36. The van der Waals surface area contributed by atoms with Crippen LogP contribution in [0.1, 0.15) is 45.4 Å². The zero-order valence-corrected chi connectivity index (χ0v) is 9.99. The van der Waals surface area contributed by atoms with Crippen molar-refractivity contribution in [1.82, 2.24) is 4.90 Å². The molecule has 0 saturated heterocycles. The van der Waals surface area contributed by atoms with Gasteiger partial charge in [-0.1, -0.05) is 19.8 Å². The number of aliphatic hydroxyl groups is 1. The van der Waals surface area contributed by atoms with E-state index < -0.39 is 0 Å². The average Bonchev–Trinajstić information content (AvgIpc) is 2.24. The fraction of sp³-hybridized carbons (Fsp3) is 1.00. The Kier molecular flexibility index (Phi) is 6.22. The van der Waals surface area contributed by atoms with Crippen molar-refractivity contribution < 1.29 is 5.11 Å². The monoisotopic (exact) mass is 214 g/mol. The van der Waals surface area contributed by atoms with Crippen molar-refractivity contribution in [3.8, 4) is 0 Å². The lowest BCUT2D eigenvalue weighted by atomic mass is 9.90. The van der Waals surface area contributed by atoms with E-state index in [-0.39, 0.29) is 6.61 Å². The van der Waals surface area contributed by atoms with E-state index >= 15 is 0 Å². The molecular weight excluding hydrogens is 188 g/mol. The number of unbranched alkanes of at least 4 members (excludes halogenated alkanes) is 1. The Morgan fingerprint density at radius 3 is 2.73 bits per heavy atom. The summed E-state index contributed by atoms with van der Waals surface area (Å²) >= 11 is 0. The number of nitrogens with two attached hydrogens (primary N) is 1. The van der Waals surface area contributed by atoms with Crippen LogP contribution in [0, 0.1) is 0 Å². The van der Waals surface area contributed by atoms with E-state index in [4.69, 9.17) is 10.8 Å². The summed E-state index contributed by atoms with van der Waals surface area (Å²) in [6.07, 6.45) is 7.25. The SMILES string of the molecule is CCCCN(CCO)C1CCCC(N)C1. The fourth-order valence-corrected chi connectivity index (χ4v) is 2.50. The summed E-state index contributed by atoms with van der Waals surface area (Å²) in [7, 11) is 0. The van der Waals surface area contributed by atoms with Gasteiger partial charge in [0, 0.05) is 18.6 Å². The Bertz CT molecular complexity index is 164. The van der Waals surface area contributed by atoms with Gasteiger partial charge in [0.2, 0.25) is 0 Å². The van der Waals surface area contributed by atoms with Crippen molar-refractivity contribution in [1.29, 1.82) is 0 Å². The molecule has 0 aromatic carbocycles. The van der Waals surface area contributed by atoms with Crippen LogP contribution in [0.5, 0.6) is 0 Å². The van der Waals surface area contributed by atoms with E-state index in [0.717, 1.165) is 19.5 Å². The van der Waals surface area contributed by atoms with Gasteiger partial charge < -0.3 is 10.8 Å². The first-order valence-corrected chi connectivity index (χ1v) is 6.38. The standard InChI is InChI=1S/C12H26N2O/c1-2-3-7-14(8-9-15)12-6-4-5-11(13)10-12/h11-12,15H,2-10,13H2,1H3. The number of rotatable bonds is 6. The highest BCUT2D eigenvalue weighted by Gasteiger charge is 2.23. The Hall–Kier alpha value is -0.120. The zero-order valence-electron chi connectivity index (χ0n) is 9.99. The molecule has 0 bridgehead atoms. The predicted molar refractivity (Wildman–Crippen MR) is 63.8 cm³/mol. The number of aliphatic hydroxyl groups excluding tert-OH is 1. The molecule has 1 aliphatic carbocycles. The molecule has 0 heterocycles. The van der Waals surface area contributed by atoms with Gasteiger partial charge in [0.15, 0.2) is 0 Å². The summed E-state index contributed by atoms with van der Waals surface area (Å²) in [6, 6.07) is 0.999. The van der Waals surface area contributed by atoms with Crippen LogP contribution in [0.3, 0.4) is 0 Å². The molecule has 0 amide bonds. The molecule has 0 radical (unpaired) electrons. The molecule has 0 aliphatic heterocycles. The minimum absolute atomic E-state index is 0.273. The van der Waals surface area contributed by atoms with Gasteiger partial charge in [-0.05, 0) is 32.2 Å². The third-order valence-electron chi connectivity index (χ3n) is 3.39. The highest BCUT2D eigenvalue weighted by Crippen LogP contribution is 2.22. The largest absolute Gasteiger partial charge is 0.395 e. The van der Waals surface area contributed by atoms with Crippen molar-refractivity contribution in [2.24, 2.45) is 5.73 Å². The van der Waals surface area contributed by atoms with Crippen LogP contribution in [0.15, 0.2) is 0 Å². The molecule has 15 heavy (non-hydrogen) atoms. The number of hydrogen-bond donors (Lipinski definition) is 2. The first-order chi connectivity index (χ1) is 7.27. The van der Waals surface area contributed by atoms with Gasteiger partial charge in [0.1, 0.15) is 0 Å². The molecule has 1 fully saturated rings. The normalized spacial score (nSPS) is 27.2. The van der Waals surface area contributed by atoms with Crippen LogP contribution in [-0.4, -0.2) is 41.8 Å². The third-order valence-corrected chi connectivity index (χ3v) is 3.39. The molecule has 0 aromatic rings. The molecule has 1 saturated carbocycles. The van der Waals surface area contributed by atoms with Crippen molar-refractivity contribution in [2.75, 3.05) is 19.7 Å².